The van der Waals surface area contributed by atoms with Gasteiger partial charge in [0.15, 0.2) is 0 Å². The van der Waals surface area contributed by atoms with Crippen LogP contribution < -0.4 is 10.1 Å². The van der Waals surface area contributed by atoms with Gasteiger partial charge in [-0.3, -0.25) is 4.21 Å². The van der Waals surface area contributed by atoms with Gasteiger partial charge in [-0.2, -0.15) is 0 Å². The topological polar surface area (TPSA) is 38.3 Å². The van der Waals surface area contributed by atoms with Gasteiger partial charge < -0.3 is 10.1 Å². The predicted molar refractivity (Wildman–Crippen MR) is 78.1 cm³/mol. The third-order valence-electron chi connectivity index (χ3n) is 4.26. The second-order valence-electron chi connectivity index (χ2n) is 5.45. The number of hydrogen-bond donors (Lipinski definition) is 1. The second-order valence-corrected chi connectivity index (χ2v) is 7.14. The van der Waals surface area contributed by atoms with Crippen LogP contribution in [0.2, 0.25) is 0 Å². The maximum absolute atomic E-state index is 11.4. The molecule has 1 N–H and O–H groups in total. The molecule has 1 fully saturated rings. The monoisotopic (exact) mass is 279 g/mol. The molecule has 19 heavy (non-hydrogen) atoms. The van der Waals surface area contributed by atoms with Gasteiger partial charge in [0.05, 0.1) is 7.11 Å². The lowest BCUT2D eigenvalue weighted by molar-refractivity contribution is 0.401. The van der Waals surface area contributed by atoms with Crippen LogP contribution in [-0.4, -0.2) is 28.9 Å². The Morgan fingerprint density at radius 2 is 2.05 bits per heavy atom. The van der Waals surface area contributed by atoms with E-state index in [4.69, 9.17) is 4.74 Å². The molecule has 104 valence electrons. The first kappa shape index (κ1) is 13.1. The number of nitrogens with one attached hydrogen (secondary N) is 1. The van der Waals surface area contributed by atoms with Gasteiger partial charge in [0, 0.05) is 34.4 Å². The zero-order valence-corrected chi connectivity index (χ0v) is 12.2. The molecule has 0 amide bonds. The van der Waals surface area contributed by atoms with Crippen LogP contribution >= 0.6 is 0 Å². The van der Waals surface area contributed by atoms with Crippen LogP contribution in [0.5, 0.6) is 5.75 Å². The molecule has 1 aromatic rings. The third kappa shape index (κ3) is 2.84. The normalized spacial score (nSPS) is 30.1. The van der Waals surface area contributed by atoms with E-state index in [2.05, 4.69) is 17.4 Å². The van der Waals surface area contributed by atoms with Crippen molar-refractivity contribution in [2.45, 2.75) is 37.8 Å². The fourth-order valence-electron chi connectivity index (χ4n) is 3.13. The second kappa shape index (κ2) is 5.63. The van der Waals surface area contributed by atoms with E-state index in [1.54, 1.807) is 7.11 Å². The Kier molecular flexibility index (Phi) is 3.89. The Labute approximate surface area is 117 Å². The first-order chi connectivity index (χ1) is 9.26. The van der Waals surface area contributed by atoms with E-state index in [-0.39, 0.29) is 0 Å². The van der Waals surface area contributed by atoms with E-state index in [9.17, 15) is 4.21 Å². The van der Waals surface area contributed by atoms with Crippen molar-refractivity contribution in [3.8, 4) is 5.75 Å². The lowest BCUT2D eigenvalue weighted by atomic mass is 10.0. The predicted octanol–water partition coefficient (Wildman–Crippen LogP) is 2.18. The number of aryl methyl sites for hydroxylation is 1. The van der Waals surface area contributed by atoms with Crippen molar-refractivity contribution in [1.29, 1.82) is 0 Å². The lowest BCUT2D eigenvalue weighted by Crippen LogP contribution is -2.37. The molecule has 1 aromatic carbocycles. The largest absolute Gasteiger partial charge is 0.497 e. The molecule has 3 rings (SSSR count). The fourth-order valence-corrected chi connectivity index (χ4v) is 4.42. The first-order valence-electron chi connectivity index (χ1n) is 7.04. The molecule has 0 radical (unpaired) electrons. The molecule has 4 heteroatoms. The maximum Gasteiger partial charge on any atom is 0.119 e. The lowest BCUT2D eigenvalue weighted by Gasteiger charge is -2.26. The van der Waals surface area contributed by atoms with E-state index < -0.39 is 10.8 Å². The Bertz CT molecular complexity index is 479. The van der Waals surface area contributed by atoms with E-state index in [1.165, 1.54) is 17.5 Å². The van der Waals surface area contributed by atoms with Crippen molar-refractivity contribution in [3.05, 3.63) is 29.3 Å². The quantitative estimate of drug-likeness (QED) is 0.921. The minimum Gasteiger partial charge on any atom is -0.497 e. The average Bonchev–Trinajstić information content (AvgIpc) is 2.84. The highest BCUT2D eigenvalue weighted by Crippen LogP contribution is 2.34. The molecule has 0 saturated carbocycles. The van der Waals surface area contributed by atoms with Gasteiger partial charge in [-0.25, -0.2) is 0 Å². The van der Waals surface area contributed by atoms with Crippen molar-refractivity contribution in [2.24, 2.45) is 0 Å². The number of rotatable bonds is 3. The standard InChI is InChI=1S/C15H21NO2S/c1-18-13-4-2-11-3-5-15(14(11)10-13)16-12-6-8-19(17)9-7-12/h2,4,10,12,15-16H,3,5-9H2,1H3. The minimum atomic E-state index is -0.574. The summed E-state index contributed by atoms with van der Waals surface area (Å²) in [5.41, 5.74) is 2.84. The molecule has 1 aliphatic heterocycles. The van der Waals surface area contributed by atoms with Crippen LogP contribution in [0.25, 0.3) is 0 Å². The maximum atomic E-state index is 11.4. The van der Waals surface area contributed by atoms with E-state index in [0.717, 1.165) is 36.5 Å². The zero-order valence-electron chi connectivity index (χ0n) is 11.4. The summed E-state index contributed by atoms with van der Waals surface area (Å²) < 4.78 is 16.7. The Morgan fingerprint density at radius 3 is 2.79 bits per heavy atom. The summed E-state index contributed by atoms with van der Waals surface area (Å²) in [6.45, 7) is 0. The van der Waals surface area contributed by atoms with Gasteiger partial charge in [0.2, 0.25) is 0 Å². The highest BCUT2D eigenvalue weighted by Gasteiger charge is 2.26. The smallest absolute Gasteiger partial charge is 0.119 e. The minimum absolute atomic E-state index is 0.446. The van der Waals surface area contributed by atoms with Crippen molar-refractivity contribution in [1.82, 2.24) is 5.32 Å². The van der Waals surface area contributed by atoms with E-state index in [1.807, 2.05) is 6.07 Å². The Hall–Kier alpha value is -0.870. The Morgan fingerprint density at radius 1 is 1.26 bits per heavy atom. The van der Waals surface area contributed by atoms with Gasteiger partial charge in [0.1, 0.15) is 5.75 Å². The third-order valence-corrected chi connectivity index (χ3v) is 5.64. The summed E-state index contributed by atoms with van der Waals surface area (Å²) in [4.78, 5) is 0. The number of hydrogen-bond acceptors (Lipinski definition) is 3. The molecule has 1 saturated heterocycles. The van der Waals surface area contributed by atoms with Gasteiger partial charge in [-0.1, -0.05) is 6.07 Å². The summed E-state index contributed by atoms with van der Waals surface area (Å²) in [6.07, 6.45) is 4.41. The van der Waals surface area contributed by atoms with Crippen LogP contribution in [0.4, 0.5) is 0 Å². The van der Waals surface area contributed by atoms with Gasteiger partial charge in [0.25, 0.3) is 0 Å². The molecule has 0 aromatic heterocycles. The number of fused-ring (bicyclic) bond motifs is 1. The van der Waals surface area contributed by atoms with Gasteiger partial charge >= 0.3 is 0 Å². The van der Waals surface area contributed by atoms with Crippen molar-refractivity contribution in [2.75, 3.05) is 18.6 Å². The molecule has 0 bridgehead atoms. The van der Waals surface area contributed by atoms with Gasteiger partial charge in [-0.05, 0) is 48.9 Å². The number of benzene rings is 1. The first-order valence-corrected chi connectivity index (χ1v) is 8.53. The highest BCUT2D eigenvalue weighted by atomic mass is 32.2. The molecule has 1 unspecified atom stereocenters. The summed E-state index contributed by atoms with van der Waals surface area (Å²) in [6, 6.07) is 7.37. The zero-order chi connectivity index (χ0) is 13.2. The van der Waals surface area contributed by atoms with Crippen LogP contribution in [0.15, 0.2) is 18.2 Å². The van der Waals surface area contributed by atoms with E-state index >= 15 is 0 Å². The summed E-state index contributed by atoms with van der Waals surface area (Å²) >= 11 is 0. The molecule has 0 spiro atoms. The van der Waals surface area contributed by atoms with Crippen LogP contribution in [-0.2, 0) is 17.2 Å². The van der Waals surface area contributed by atoms with E-state index in [0.29, 0.717) is 12.1 Å². The molecular weight excluding hydrogens is 258 g/mol. The van der Waals surface area contributed by atoms with Crippen molar-refractivity contribution < 1.29 is 8.95 Å². The average molecular weight is 279 g/mol. The summed E-state index contributed by atoms with van der Waals surface area (Å²) in [5.74, 6) is 2.65. The molecule has 3 nitrogen and oxygen atoms in total. The van der Waals surface area contributed by atoms with Crippen LogP contribution in [0.3, 0.4) is 0 Å². The van der Waals surface area contributed by atoms with Crippen molar-refractivity contribution >= 4 is 10.8 Å². The summed E-state index contributed by atoms with van der Waals surface area (Å²) in [5, 5.41) is 3.76. The molecule has 2 aliphatic rings. The fraction of sp³-hybridized carbons (Fsp3) is 0.600. The Balaban J connectivity index is 1.69. The van der Waals surface area contributed by atoms with Crippen LogP contribution in [0.1, 0.15) is 36.4 Å². The molecular formula is C15H21NO2S. The molecule has 1 aliphatic carbocycles. The van der Waals surface area contributed by atoms with Crippen molar-refractivity contribution in [3.63, 3.8) is 0 Å². The number of methoxy groups -OCH3 is 1. The number of ether oxygens (including phenoxy) is 1. The summed E-state index contributed by atoms with van der Waals surface area (Å²) in [7, 11) is 1.14. The highest BCUT2D eigenvalue weighted by molar-refractivity contribution is 7.85. The molecule has 1 heterocycles. The van der Waals surface area contributed by atoms with Crippen LogP contribution in [0, 0.1) is 0 Å². The molecule has 1 atom stereocenters. The SMILES string of the molecule is COc1ccc2c(c1)C(NC1CCS(=O)CC1)CC2. The van der Waals surface area contributed by atoms with Gasteiger partial charge in [-0.15, -0.1) is 0 Å².